The number of amides is 1. The summed E-state index contributed by atoms with van der Waals surface area (Å²) in [5.41, 5.74) is 1.95. The fourth-order valence-electron chi connectivity index (χ4n) is 2.20. The molecule has 0 atom stereocenters. The van der Waals surface area contributed by atoms with Crippen LogP contribution in [0.25, 0.3) is 0 Å². The summed E-state index contributed by atoms with van der Waals surface area (Å²) >= 11 is 5.94. The molecule has 0 fully saturated rings. The van der Waals surface area contributed by atoms with Crippen molar-refractivity contribution < 1.29 is 9.18 Å². The van der Waals surface area contributed by atoms with Crippen molar-refractivity contribution in [3.8, 4) is 0 Å². The fourth-order valence-corrected chi connectivity index (χ4v) is 2.43. The van der Waals surface area contributed by atoms with Crippen molar-refractivity contribution in [2.24, 2.45) is 0 Å². The number of nitrogens with one attached hydrogen (secondary N) is 2. The molecule has 1 aromatic heterocycles. The molecule has 2 aromatic carbocycles. The number of carbonyl (C=O) groups excluding carboxylic acids is 1. The van der Waals surface area contributed by atoms with E-state index < -0.39 is 11.7 Å². The SMILES string of the molecule is Cc1cc(Cl)ccc1Nc1cc(C(=O)Nc2ccccc2F)ncn1. The van der Waals surface area contributed by atoms with Crippen LogP contribution in [0, 0.1) is 12.7 Å². The molecule has 0 saturated heterocycles. The minimum atomic E-state index is -0.525. The van der Waals surface area contributed by atoms with Gasteiger partial charge in [-0.15, -0.1) is 0 Å². The molecule has 0 aliphatic rings. The van der Waals surface area contributed by atoms with Crippen LogP contribution in [0.5, 0.6) is 0 Å². The summed E-state index contributed by atoms with van der Waals surface area (Å²) in [5, 5.41) is 6.23. The van der Waals surface area contributed by atoms with Gasteiger partial charge in [0.05, 0.1) is 5.69 Å². The highest BCUT2D eigenvalue weighted by Crippen LogP contribution is 2.23. The average molecular weight is 357 g/mol. The average Bonchev–Trinajstić information content (AvgIpc) is 2.60. The number of benzene rings is 2. The third kappa shape index (κ3) is 4.10. The fraction of sp³-hybridized carbons (Fsp3) is 0.0556. The standard InChI is InChI=1S/C18H14ClFN4O/c1-11-8-12(19)6-7-14(11)23-17-9-16(21-10-22-17)18(25)24-15-5-3-2-4-13(15)20/h2-10H,1H3,(H,24,25)(H,21,22,23). The van der Waals surface area contributed by atoms with Gasteiger partial charge < -0.3 is 10.6 Å². The number of rotatable bonds is 4. The monoisotopic (exact) mass is 356 g/mol. The van der Waals surface area contributed by atoms with Crippen molar-refractivity contribution in [2.75, 3.05) is 10.6 Å². The lowest BCUT2D eigenvalue weighted by molar-refractivity contribution is 0.102. The number of halogens is 2. The van der Waals surface area contributed by atoms with E-state index in [4.69, 9.17) is 11.6 Å². The van der Waals surface area contributed by atoms with Gasteiger partial charge in [-0.05, 0) is 42.8 Å². The largest absolute Gasteiger partial charge is 0.340 e. The van der Waals surface area contributed by atoms with Crippen LogP contribution in [-0.4, -0.2) is 15.9 Å². The number of hydrogen-bond donors (Lipinski definition) is 2. The van der Waals surface area contributed by atoms with Crippen LogP contribution < -0.4 is 10.6 Å². The lowest BCUT2D eigenvalue weighted by Gasteiger charge is -2.10. The summed E-state index contributed by atoms with van der Waals surface area (Å²) < 4.78 is 13.6. The Bertz CT molecular complexity index is 932. The van der Waals surface area contributed by atoms with Crippen molar-refractivity contribution >= 4 is 34.7 Å². The maximum absolute atomic E-state index is 13.6. The summed E-state index contributed by atoms with van der Waals surface area (Å²) in [6, 6.07) is 12.8. The topological polar surface area (TPSA) is 66.9 Å². The lowest BCUT2D eigenvalue weighted by atomic mass is 10.2. The first-order chi connectivity index (χ1) is 12.0. The summed E-state index contributed by atoms with van der Waals surface area (Å²) in [7, 11) is 0. The summed E-state index contributed by atoms with van der Waals surface area (Å²) in [4.78, 5) is 20.3. The van der Waals surface area contributed by atoms with Gasteiger partial charge in [0.2, 0.25) is 0 Å². The highest BCUT2D eigenvalue weighted by atomic mass is 35.5. The van der Waals surface area contributed by atoms with Gasteiger partial charge in [-0.1, -0.05) is 23.7 Å². The van der Waals surface area contributed by atoms with Crippen molar-refractivity contribution in [1.82, 2.24) is 9.97 Å². The highest BCUT2D eigenvalue weighted by molar-refractivity contribution is 6.30. The van der Waals surface area contributed by atoms with Crippen molar-refractivity contribution in [3.05, 3.63) is 77.0 Å². The number of para-hydroxylation sites is 1. The zero-order valence-electron chi connectivity index (χ0n) is 13.3. The minimum Gasteiger partial charge on any atom is -0.340 e. The Labute approximate surface area is 148 Å². The molecule has 5 nitrogen and oxygen atoms in total. The number of anilines is 3. The first kappa shape index (κ1) is 16.9. The second-order valence-corrected chi connectivity index (χ2v) is 5.74. The van der Waals surface area contributed by atoms with Crippen molar-refractivity contribution in [1.29, 1.82) is 0 Å². The second kappa shape index (κ2) is 7.27. The van der Waals surface area contributed by atoms with Gasteiger partial charge >= 0.3 is 0 Å². The van der Waals surface area contributed by atoms with E-state index in [0.29, 0.717) is 10.8 Å². The van der Waals surface area contributed by atoms with E-state index in [1.165, 1.54) is 24.5 Å². The first-order valence-corrected chi connectivity index (χ1v) is 7.82. The molecule has 3 aromatic rings. The molecule has 0 aliphatic carbocycles. The normalized spacial score (nSPS) is 10.4. The second-order valence-electron chi connectivity index (χ2n) is 5.31. The van der Waals surface area contributed by atoms with E-state index in [-0.39, 0.29) is 11.4 Å². The summed E-state index contributed by atoms with van der Waals surface area (Å²) in [6.07, 6.45) is 1.27. The number of carbonyl (C=O) groups is 1. The summed E-state index contributed by atoms with van der Waals surface area (Å²) in [6.45, 7) is 1.90. The molecule has 0 bridgehead atoms. The molecular formula is C18H14ClFN4O. The Morgan fingerprint density at radius 1 is 1.08 bits per heavy atom. The lowest BCUT2D eigenvalue weighted by Crippen LogP contribution is -2.15. The molecular weight excluding hydrogens is 343 g/mol. The number of aromatic nitrogens is 2. The van der Waals surface area contributed by atoms with Crippen LogP contribution in [-0.2, 0) is 0 Å². The smallest absolute Gasteiger partial charge is 0.274 e. The number of hydrogen-bond acceptors (Lipinski definition) is 4. The molecule has 2 N–H and O–H groups in total. The Morgan fingerprint density at radius 2 is 1.88 bits per heavy atom. The first-order valence-electron chi connectivity index (χ1n) is 7.44. The Hall–Kier alpha value is -2.99. The third-order valence-corrected chi connectivity index (χ3v) is 3.71. The molecule has 25 heavy (non-hydrogen) atoms. The molecule has 0 radical (unpaired) electrons. The van der Waals surface area contributed by atoms with E-state index in [1.807, 2.05) is 19.1 Å². The van der Waals surface area contributed by atoms with Gasteiger partial charge in [-0.25, -0.2) is 14.4 Å². The van der Waals surface area contributed by atoms with Crippen LogP contribution >= 0.6 is 11.6 Å². The van der Waals surface area contributed by atoms with E-state index in [1.54, 1.807) is 18.2 Å². The predicted octanol–water partition coefficient (Wildman–Crippen LogP) is 4.57. The zero-order chi connectivity index (χ0) is 17.8. The maximum Gasteiger partial charge on any atom is 0.274 e. The van der Waals surface area contributed by atoms with Gasteiger partial charge in [0, 0.05) is 16.8 Å². The summed E-state index contributed by atoms with van der Waals surface area (Å²) in [5.74, 6) is -0.595. The number of nitrogens with zero attached hydrogens (tertiary/aromatic N) is 2. The Balaban J connectivity index is 1.79. The minimum absolute atomic E-state index is 0.0918. The van der Waals surface area contributed by atoms with Crippen LogP contribution in [0.4, 0.5) is 21.6 Å². The van der Waals surface area contributed by atoms with Gasteiger partial charge in [-0.3, -0.25) is 4.79 Å². The van der Waals surface area contributed by atoms with Gasteiger partial charge in [0.15, 0.2) is 0 Å². The Morgan fingerprint density at radius 3 is 2.64 bits per heavy atom. The highest BCUT2D eigenvalue weighted by Gasteiger charge is 2.12. The van der Waals surface area contributed by atoms with E-state index in [9.17, 15) is 9.18 Å². The Kier molecular flexibility index (Phi) is 4.90. The molecule has 7 heteroatoms. The van der Waals surface area contributed by atoms with E-state index in [0.717, 1.165) is 11.3 Å². The maximum atomic E-state index is 13.6. The molecule has 3 rings (SSSR count). The molecule has 1 heterocycles. The molecule has 1 amide bonds. The van der Waals surface area contributed by atoms with E-state index >= 15 is 0 Å². The quantitative estimate of drug-likeness (QED) is 0.718. The van der Waals surface area contributed by atoms with Gasteiger partial charge in [-0.2, -0.15) is 0 Å². The van der Waals surface area contributed by atoms with Crippen LogP contribution in [0.1, 0.15) is 16.1 Å². The number of aryl methyl sites for hydroxylation is 1. The predicted molar refractivity (Wildman–Crippen MR) is 95.9 cm³/mol. The molecule has 0 unspecified atom stereocenters. The van der Waals surface area contributed by atoms with Crippen LogP contribution in [0.2, 0.25) is 5.02 Å². The molecule has 0 aliphatic heterocycles. The van der Waals surface area contributed by atoms with Crippen molar-refractivity contribution in [2.45, 2.75) is 6.92 Å². The van der Waals surface area contributed by atoms with Crippen LogP contribution in [0.15, 0.2) is 54.9 Å². The van der Waals surface area contributed by atoms with Crippen molar-refractivity contribution in [3.63, 3.8) is 0 Å². The molecule has 126 valence electrons. The molecule has 0 saturated carbocycles. The zero-order valence-corrected chi connectivity index (χ0v) is 14.0. The van der Waals surface area contributed by atoms with Gasteiger partial charge in [0.25, 0.3) is 5.91 Å². The van der Waals surface area contributed by atoms with E-state index in [2.05, 4.69) is 20.6 Å². The van der Waals surface area contributed by atoms with Gasteiger partial charge in [0.1, 0.15) is 23.7 Å². The third-order valence-electron chi connectivity index (χ3n) is 3.47. The molecule has 0 spiro atoms. The van der Waals surface area contributed by atoms with Crippen LogP contribution in [0.3, 0.4) is 0 Å².